The third kappa shape index (κ3) is 5.58. The monoisotopic (exact) mass is 421 g/mol. The summed E-state index contributed by atoms with van der Waals surface area (Å²) in [5, 5.41) is 4.95. The smallest absolute Gasteiger partial charge is 0.260 e. The van der Waals surface area contributed by atoms with Crippen LogP contribution in [0.4, 0.5) is 10.1 Å². The van der Waals surface area contributed by atoms with Crippen LogP contribution in [0, 0.1) is 5.82 Å². The fourth-order valence-electron chi connectivity index (χ4n) is 3.59. The SMILES string of the molecule is O=C(CN1CCN(C(=O)COc2ccc3ccccc3c2)CC1)Nc1ccc(F)cc1. The number of rotatable bonds is 6. The Morgan fingerprint density at radius 3 is 2.35 bits per heavy atom. The van der Waals surface area contributed by atoms with Gasteiger partial charge in [0.2, 0.25) is 5.91 Å². The fourth-order valence-corrected chi connectivity index (χ4v) is 3.59. The van der Waals surface area contributed by atoms with Crippen molar-refractivity contribution in [2.75, 3.05) is 44.6 Å². The van der Waals surface area contributed by atoms with Gasteiger partial charge in [0.25, 0.3) is 5.91 Å². The van der Waals surface area contributed by atoms with Crippen molar-refractivity contribution in [2.24, 2.45) is 0 Å². The predicted octanol–water partition coefficient (Wildman–Crippen LogP) is 3.14. The highest BCUT2D eigenvalue weighted by atomic mass is 19.1. The molecule has 31 heavy (non-hydrogen) atoms. The number of hydrogen-bond donors (Lipinski definition) is 1. The third-order valence-electron chi connectivity index (χ3n) is 5.30. The fraction of sp³-hybridized carbons (Fsp3) is 0.250. The number of ether oxygens (including phenoxy) is 1. The highest BCUT2D eigenvalue weighted by Crippen LogP contribution is 2.20. The quantitative estimate of drug-likeness (QED) is 0.664. The molecule has 0 unspecified atom stereocenters. The molecule has 0 saturated carbocycles. The molecule has 1 aliphatic heterocycles. The first-order chi connectivity index (χ1) is 15.1. The van der Waals surface area contributed by atoms with E-state index in [-0.39, 0.29) is 30.8 Å². The van der Waals surface area contributed by atoms with E-state index in [0.717, 1.165) is 10.8 Å². The topological polar surface area (TPSA) is 61.9 Å². The maximum Gasteiger partial charge on any atom is 0.260 e. The Labute approximate surface area is 180 Å². The van der Waals surface area contributed by atoms with Crippen molar-refractivity contribution in [1.29, 1.82) is 0 Å². The predicted molar refractivity (Wildman–Crippen MR) is 117 cm³/mol. The number of benzene rings is 3. The number of anilines is 1. The number of carbonyl (C=O) groups is 2. The molecule has 1 N–H and O–H groups in total. The van der Waals surface area contributed by atoms with Crippen LogP contribution in [0.5, 0.6) is 5.75 Å². The van der Waals surface area contributed by atoms with Gasteiger partial charge in [-0.25, -0.2) is 4.39 Å². The lowest BCUT2D eigenvalue weighted by Crippen LogP contribution is -2.51. The summed E-state index contributed by atoms with van der Waals surface area (Å²) in [5.41, 5.74) is 0.561. The average molecular weight is 421 g/mol. The van der Waals surface area contributed by atoms with Gasteiger partial charge in [-0.3, -0.25) is 14.5 Å². The molecule has 0 aromatic heterocycles. The molecule has 0 radical (unpaired) electrons. The molecular weight excluding hydrogens is 397 g/mol. The van der Waals surface area contributed by atoms with Gasteiger partial charge in [0.05, 0.1) is 6.54 Å². The van der Waals surface area contributed by atoms with Crippen LogP contribution < -0.4 is 10.1 Å². The van der Waals surface area contributed by atoms with Gasteiger partial charge in [0, 0.05) is 31.9 Å². The third-order valence-corrected chi connectivity index (χ3v) is 5.30. The van der Waals surface area contributed by atoms with Crippen molar-refractivity contribution in [3.8, 4) is 5.75 Å². The van der Waals surface area contributed by atoms with E-state index in [1.165, 1.54) is 24.3 Å². The Bertz CT molecular complexity index is 1060. The van der Waals surface area contributed by atoms with Gasteiger partial charge in [-0.05, 0) is 47.2 Å². The number of fused-ring (bicyclic) bond motifs is 1. The number of nitrogens with zero attached hydrogens (tertiary/aromatic N) is 2. The minimum Gasteiger partial charge on any atom is -0.484 e. The molecule has 7 heteroatoms. The van der Waals surface area contributed by atoms with E-state index in [1.807, 2.05) is 47.4 Å². The molecule has 1 fully saturated rings. The van der Waals surface area contributed by atoms with E-state index in [4.69, 9.17) is 4.74 Å². The normalized spacial score (nSPS) is 14.4. The molecule has 0 bridgehead atoms. The van der Waals surface area contributed by atoms with Crippen molar-refractivity contribution >= 4 is 28.3 Å². The molecule has 160 valence electrons. The molecule has 6 nitrogen and oxygen atoms in total. The molecule has 1 aliphatic rings. The molecule has 0 aliphatic carbocycles. The molecule has 3 aromatic rings. The van der Waals surface area contributed by atoms with Crippen LogP contribution in [-0.2, 0) is 9.59 Å². The zero-order valence-corrected chi connectivity index (χ0v) is 17.1. The number of hydrogen-bond acceptors (Lipinski definition) is 4. The molecular formula is C24H24FN3O3. The lowest BCUT2D eigenvalue weighted by Gasteiger charge is -2.34. The largest absolute Gasteiger partial charge is 0.484 e. The van der Waals surface area contributed by atoms with E-state index >= 15 is 0 Å². The summed E-state index contributed by atoms with van der Waals surface area (Å²) in [6, 6.07) is 19.4. The highest BCUT2D eigenvalue weighted by molar-refractivity contribution is 5.92. The lowest BCUT2D eigenvalue weighted by molar-refractivity contribution is -0.135. The zero-order chi connectivity index (χ0) is 21.6. The molecule has 1 heterocycles. The van der Waals surface area contributed by atoms with Crippen molar-refractivity contribution in [3.63, 3.8) is 0 Å². The Hall–Kier alpha value is -3.45. The van der Waals surface area contributed by atoms with Gasteiger partial charge < -0.3 is 15.0 Å². The Kier molecular flexibility index (Phi) is 6.43. The summed E-state index contributed by atoms with van der Waals surface area (Å²) in [6.07, 6.45) is 0. The number of halogens is 1. The maximum atomic E-state index is 13.0. The standard InChI is InChI=1S/C24H24FN3O3/c25-20-6-8-21(9-7-20)26-23(29)16-27-11-13-28(14-12-27)24(30)17-31-22-10-5-18-3-1-2-4-19(18)15-22/h1-10,15H,11-14,16-17H2,(H,26,29). The van der Waals surface area contributed by atoms with Crippen LogP contribution in [-0.4, -0.2) is 60.9 Å². The molecule has 4 rings (SSSR count). The van der Waals surface area contributed by atoms with Crippen molar-refractivity contribution in [3.05, 3.63) is 72.5 Å². The minimum absolute atomic E-state index is 0.0105. The molecule has 3 aromatic carbocycles. The second-order valence-electron chi connectivity index (χ2n) is 7.51. The lowest BCUT2D eigenvalue weighted by atomic mass is 10.1. The molecule has 0 spiro atoms. The van der Waals surface area contributed by atoms with Crippen LogP contribution in [0.25, 0.3) is 10.8 Å². The van der Waals surface area contributed by atoms with Gasteiger partial charge in [-0.1, -0.05) is 30.3 Å². The van der Waals surface area contributed by atoms with Crippen LogP contribution in [0.3, 0.4) is 0 Å². The molecule has 1 saturated heterocycles. The Morgan fingerprint density at radius 2 is 1.61 bits per heavy atom. The first-order valence-electron chi connectivity index (χ1n) is 10.2. The molecule has 0 atom stereocenters. The van der Waals surface area contributed by atoms with Crippen LogP contribution in [0.15, 0.2) is 66.7 Å². The Balaban J connectivity index is 1.21. The highest BCUT2D eigenvalue weighted by Gasteiger charge is 2.22. The second kappa shape index (κ2) is 9.57. The van der Waals surface area contributed by atoms with E-state index < -0.39 is 0 Å². The van der Waals surface area contributed by atoms with Gasteiger partial charge >= 0.3 is 0 Å². The summed E-state index contributed by atoms with van der Waals surface area (Å²) < 4.78 is 18.6. The zero-order valence-electron chi connectivity index (χ0n) is 17.1. The van der Waals surface area contributed by atoms with Crippen LogP contribution in [0.1, 0.15) is 0 Å². The van der Waals surface area contributed by atoms with Gasteiger partial charge in [0.15, 0.2) is 6.61 Å². The first kappa shape index (κ1) is 20.8. The summed E-state index contributed by atoms with van der Waals surface area (Å²) in [6.45, 7) is 2.53. The van der Waals surface area contributed by atoms with Crippen molar-refractivity contribution < 1.29 is 18.7 Å². The summed E-state index contributed by atoms with van der Waals surface area (Å²) in [5.74, 6) is 0.0983. The van der Waals surface area contributed by atoms with E-state index in [0.29, 0.717) is 37.6 Å². The van der Waals surface area contributed by atoms with Crippen molar-refractivity contribution in [2.45, 2.75) is 0 Å². The van der Waals surface area contributed by atoms with Crippen molar-refractivity contribution in [1.82, 2.24) is 9.80 Å². The number of nitrogens with one attached hydrogen (secondary N) is 1. The van der Waals surface area contributed by atoms with Crippen LogP contribution >= 0.6 is 0 Å². The number of piperazine rings is 1. The van der Waals surface area contributed by atoms with Crippen LogP contribution in [0.2, 0.25) is 0 Å². The maximum absolute atomic E-state index is 13.0. The van der Waals surface area contributed by atoms with Gasteiger partial charge in [-0.2, -0.15) is 0 Å². The van der Waals surface area contributed by atoms with Gasteiger partial charge in [-0.15, -0.1) is 0 Å². The average Bonchev–Trinajstić information content (AvgIpc) is 2.79. The van der Waals surface area contributed by atoms with Gasteiger partial charge in [0.1, 0.15) is 11.6 Å². The molecule has 2 amide bonds. The summed E-state index contributed by atoms with van der Waals surface area (Å²) in [7, 11) is 0. The Morgan fingerprint density at radius 1 is 0.903 bits per heavy atom. The number of carbonyl (C=O) groups excluding carboxylic acids is 2. The van der Waals surface area contributed by atoms with E-state index in [2.05, 4.69) is 5.32 Å². The van der Waals surface area contributed by atoms with E-state index in [9.17, 15) is 14.0 Å². The minimum atomic E-state index is -0.344. The number of amides is 2. The summed E-state index contributed by atoms with van der Waals surface area (Å²) >= 11 is 0. The second-order valence-corrected chi connectivity index (χ2v) is 7.51. The first-order valence-corrected chi connectivity index (χ1v) is 10.2. The summed E-state index contributed by atoms with van der Waals surface area (Å²) in [4.78, 5) is 28.4. The van der Waals surface area contributed by atoms with E-state index in [1.54, 1.807) is 4.90 Å².